The second-order valence-corrected chi connectivity index (χ2v) is 7.03. The zero-order chi connectivity index (χ0) is 17.4. The van der Waals surface area contributed by atoms with Crippen molar-refractivity contribution in [2.24, 2.45) is 5.41 Å². The second kappa shape index (κ2) is 6.32. The van der Waals surface area contributed by atoms with Crippen LogP contribution in [0.5, 0.6) is 11.5 Å². The van der Waals surface area contributed by atoms with Crippen LogP contribution in [0.4, 0.5) is 4.39 Å². The van der Waals surface area contributed by atoms with Gasteiger partial charge in [0.25, 0.3) is 0 Å². The summed E-state index contributed by atoms with van der Waals surface area (Å²) in [6.45, 7) is 2.68. The summed E-state index contributed by atoms with van der Waals surface area (Å²) in [6, 6.07) is 12.6. The average molecular weight is 343 g/mol. The van der Waals surface area contributed by atoms with Crippen LogP contribution in [-0.4, -0.2) is 43.4 Å². The minimum absolute atomic E-state index is 0.0722. The van der Waals surface area contributed by atoms with Crippen molar-refractivity contribution in [1.82, 2.24) is 4.90 Å². The lowest BCUT2D eigenvalue weighted by molar-refractivity contribution is 0.0457. The molecule has 5 heteroatoms. The minimum atomic E-state index is -0.311. The summed E-state index contributed by atoms with van der Waals surface area (Å²) < 4.78 is 25.0. The Labute approximate surface area is 146 Å². The molecular weight excluding hydrogens is 321 g/mol. The first-order valence-corrected chi connectivity index (χ1v) is 8.52. The van der Waals surface area contributed by atoms with Crippen molar-refractivity contribution in [3.8, 4) is 11.5 Å². The van der Waals surface area contributed by atoms with Gasteiger partial charge in [0.05, 0.1) is 20.3 Å². The quantitative estimate of drug-likeness (QED) is 0.927. The van der Waals surface area contributed by atoms with Crippen molar-refractivity contribution in [2.75, 3.05) is 33.4 Å². The molecule has 4 nitrogen and oxygen atoms in total. The van der Waals surface area contributed by atoms with Gasteiger partial charge in [-0.25, -0.2) is 4.39 Å². The molecule has 0 radical (unpaired) electrons. The first kappa shape index (κ1) is 16.4. The van der Waals surface area contributed by atoms with Crippen molar-refractivity contribution < 1.29 is 19.0 Å². The molecule has 0 spiro atoms. The molecule has 1 N–H and O–H groups in total. The van der Waals surface area contributed by atoms with E-state index in [1.165, 1.54) is 12.1 Å². The fourth-order valence-electron chi connectivity index (χ4n) is 4.21. The smallest absolute Gasteiger partial charge is 0.123 e. The first-order chi connectivity index (χ1) is 12.1. The Morgan fingerprint density at radius 3 is 2.96 bits per heavy atom. The number of halogens is 1. The highest BCUT2D eigenvalue weighted by Crippen LogP contribution is 2.49. The van der Waals surface area contributed by atoms with E-state index in [0.717, 1.165) is 23.4 Å². The fourth-order valence-corrected chi connectivity index (χ4v) is 4.21. The topological polar surface area (TPSA) is 41.9 Å². The van der Waals surface area contributed by atoms with Gasteiger partial charge >= 0.3 is 0 Å². The summed E-state index contributed by atoms with van der Waals surface area (Å²) in [5.74, 6) is 1.53. The maximum Gasteiger partial charge on any atom is 0.123 e. The van der Waals surface area contributed by atoms with Crippen molar-refractivity contribution in [2.45, 2.75) is 12.5 Å². The van der Waals surface area contributed by atoms with E-state index < -0.39 is 0 Å². The third kappa shape index (κ3) is 2.77. The number of fused-ring (bicyclic) bond motifs is 3. The lowest BCUT2D eigenvalue weighted by Crippen LogP contribution is -2.42. The molecule has 2 aromatic carbocycles. The van der Waals surface area contributed by atoms with Gasteiger partial charge in [0.15, 0.2) is 0 Å². The Bertz CT molecular complexity index is 781. The summed E-state index contributed by atoms with van der Waals surface area (Å²) in [5.41, 5.74) is 1.66. The highest BCUT2D eigenvalue weighted by molar-refractivity contribution is 5.41. The SMILES string of the molecule is COc1ccc(F)cc1CN1C[C@@H]2c3ccccc3OC[C@]2(CO)C1. The molecule has 0 amide bonds. The number of ether oxygens (including phenoxy) is 2. The van der Waals surface area contributed by atoms with Crippen LogP contribution < -0.4 is 9.47 Å². The molecule has 0 saturated carbocycles. The highest BCUT2D eigenvalue weighted by Gasteiger charge is 2.50. The molecule has 0 bridgehead atoms. The zero-order valence-electron chi connectivity index (χ0n) is 14.2. The number of aliphatic hydroxyl groups is 1. The van der Waals surface area contributed by atoms with Crippen LogP contribution in [-0.2, 0) is 6.54 Å². The molecule has 2 aliphatic rings. The molecule has 1 fully saturated rings. The normalized spacial score (nSPS) is 25.2. The molecule has 0 aromatic heterocycles. The lowest BCUT2D eigenvalue weighted by atomic mass is 9.74. The van der Waals surface area contributed by atoms with Crippen LogP contribution in [0.25, 0.3) is 0 Å². The predicted molar refractivity (Wildman–Crippen MR) is 92.4 cm³/mol. The Morgan fingerprint density at radius 2 is 2.16 bits per heavy atom. The number of likely N-dealkylation sites (tertiary alicyclic amines) is 1. The molecule has 25 heavy (non-hydrogen) atoms. The third-order valence-corrected chi connectivity index (χ3v) is 5.48. The number of nitrogens with zero attached hydrogens (tertiary/aromatic N) is 1. The minimum Gasteiger partial charge on any atom is -0.496 e. The van der Waals surface area contributed by atoms with E-state index in [-0.39, 0.29) is 23.8 Å². The Balaban J connectivity index is 1.62. The van der Waals surface area contributed by atoms with Crippen LogP contribution >= 0.6 is 0 Å². The summed E-state index contributed by atoms with van der Waals surface area (Å²) in [6.07, 6.45) is 0. The Hall–Kier alpha value is -2.11. The summed E-state index contributed by atoms with van der Waals surface area (Å²) in [7, 11) is 1.60. The highest BCUT2D eigenvalue weighted by atomic mass is 19.1. The predicted octanol–water partition coefficient (Wildman–Crippen LogP) is 2.80. The van der Waals surface area contributed by atoms with E-state index in [1.54, 1.807) is 13.2 Å². The summed E-state index contributed by atoms with van der Waals surface area (Å²) >= 11 is 0. The lowest BCUT2D eigenvalue weighted by Gasteiger charge is -2.38. The van der Waals surface area contributed by atoms with Crippen LogP contribution in [0, 0.1) is 11.2 Å². The zero-order valence-corrected chi connectivity index (χ0v) is 14.2. The first-order valence-electron chi connectivity index (χ1n) is 8.52. The van der Waals surface area contributed by atoms with E-state index in [9.17, 15) is 9.50 Å². The summed E-state index contributed by atoms with van der Waals surface area (Å²) in [4.78, 5) is 2.25. The molecule has 4 rings (SSSR count). The van der Waals surface area contributed by atoms with Crippen molar-refractivity contribution in [3.63, 3.8) is 0 Å². The number of hydrogen-bond acceptors (Lipinski definition) is 4. The number of rotatable bonds is 4. The van der Waals surface area contributed by atoms with Gasteiger partial charge < -0.3 is 14.6 Å². The molecule has 2 atom stereocenters. The maximum absolute atomic E-state index is 13.7. The van der Waals surface area contributed by atoms with E-state index in [4.69, 9.17) is 9.47 Å². The van der Waals surface area contributed by atoms with Gasteiger partial charge in [-0.3, -0.25) is 4.90 Å². The number of aliphatic hydroxyl groups excluding tert-OH is 1. The monoisotopic (exact) mass is 343 g/mol. The average Bonchev–Trinajstić information content (AvgIpc) is 3.01. The number of hydrogen-bond donors (Lipinski definition) is 1. The van der Waals surface area contributed by atoms with Crippen molar-refractivity contribution in [3.05, 3.63) is 59.4 Å². The molecule has 1 saturated heterocycles. The molecule has 2 heterocycles. The largest absolute Gasteiger partial charge is 0.496 e. The number of methoxy groups -OCH3 is 1. The van der Waals surface area contributed by atoms with E-state index in [0.29, 0.717) is 25.4 Å². The van der Waals surface area contributed by atoms with Crippen molar-refractivity contribution >= 4 is 0 Å². The number of benzene rings is 2. The van der Waals surface area contributed by atoms with Crippen LogP contribution in [0.2, 0.25) is 0 Å². The second-order valence-electron chi connectivity index (χ2n) is 7.03. The van der Waals surface area contributed by atoms with Crippen molar-refractivity contribution in [1.29, 1.82) is 0 Å². The van der Waals surface area contributed by atoms with Gasteiger partial charge in [-0.1, -0.05) is 18.2 Å². The molecule has 132 valence electrons. The molecular formula is C20H22FNO3. The van der Waals surface area contributed by atoms with Gasteiger partial charge in [0.2, 0.25) is 0 Å². The fraction of sp³-hybridized carbons (Fsp3) is 0.400. The van der Waals surface area contributed by atoms with E-state index in [2.05, 4.69) is 11.0 Å². The van der Waals surface area contributed by atoms with Gasteiger partial charge in [0, 0.05) is 36.5 Å². The van der Waals surface area contributed by atoms with Gasteiger partial charge in [0.1, 0.15) is 17.3 Å². The molecule has 2 aromatic rings. The standard InChI is InChI=1S/C20H22FNO3/c1-24-18-7-6-15(21)8-14(18)9-22-10-17-16-4-2-3-5-19(16)25-13-20(17,11-22)12-23/h2-8,17,23H,9-13H2,1H3/t17-,20-/m1/s1. The third-order valence-electron chi connectivity index (χ3n) is 5.48. The van der Waals surface area contributed by atoms with Gasteiger partial charge in [-0.2, -0.15) is 0 Å². The Kier molecular flexibility index (Phi) is 4.13. The summed E-state index contributed by atoms with van der Waals surface area (Å²) in [5, 5.41) is 10.1. The maximum atomic E-state index is 13.7. The van der Waals surface area contributed by atoms with Crippen LogP contribution in [0.3, 0.4) is 0 Å². The van der Waals surface area contributed by atoms with Gasteiger partial charge in [-0.15, -0.1) is 0 Å². The molecule has 2 aliphatic heterocycles. The van der Waals surface area contributed by atoms with E-state index in [1.807, 2.05) is 18.2 Å². The Morgan fingerprint density at radius 1 is 1.32 bits per heavy atom. The number of para-hydroxylation sites is 1. The van der Waals surface area contributed by atoms with Gasteiger partial charge in [-0.05, 0) is 29.8 Å². The van der Waals surface area contributed by atoms with Crippen LogP contribution in [0.1, 0.15) is 17.0 Å². The molecule has 0 unspecified atom stereocenters. The molecule has 0 aliphatic carbocycles. The van der Waals surface area contributed by atoms with E-state index >= 15 is 0 Å². The van der Waals surface area contributed by atoms with Crippen LogP contribution in [0.15, 0.2) is 42.5 Å².